The third kappa shape index (κ3) is 6.05. The molecule has 0 saturated heterocycles. The number of anilines is 2. The van der Waals surface area contributed by atoms with Gasteiger partial charge in [-0.25, -0.2) is 4.63 Å². The summed E-state index contributed by atoms with van der Waals surface area (Å²) in [6.07, 6.45) is 0.769. The van der Waals surface area contributed by atoms with Crippen LogP contribution in [0.15, 0.2) is 64.1 Å². The van der Waals surface area contributed by atoms with Gasteiger partial charge >= 0.3 is 5.69 Å². The van der Waals surface area contributed by atoms with Crippen molar-refractivity contribution in [1.82, 2.24) is 15.2 Å². The molecule has 13 heteroatoms. The fraction of sp³-hybridized carbons (Fsp3) is 0.321. The van der Waals surface area contributed by atoms with Crippen molar-refractivity contribution in [2.75, 3.05) is 57.7 Å². The molecule has 1 aliphatic rings. The highest BCUT2D eigenvalue weighted by Gasteiger charge is 2.34. The summed E-state index contributed by atoms with van der Waals surface area (Å²) in [6, 6.07) is 16.4. The zero-order valence-corrected chi connectivity index (χ0v) is 23.7. The summed E-state index contributed by atoms with van der Waals surface area (Å²) >= 11 is 1.52. The molecule has 0 spiro atoms. The van der Waals surface area contributed by atoms with Crippen LogP contribution >= 0.6 is 11.8 Å². The number of carbonyl (C=O) groups excluding carboxylic acids is 1. The van der Waals surface area contributed by atoms with E-state index in [1.54, 1.807) is 25.1 Å². The molecular weight excluding hydrogens is 548 g/mol. The van der Waals surface area contributed by atoms with Crippen LogP contribution in [0.4, 0.5) is 17.1 Å². The van der Waals surface area contributed by atoms with Gasteiger partial charge in [-0.05, 0) is 60.2 Å². The monoisotopic (exact) mass is 578 g/mol. The van der Waals surface area contributed by atoms with Crippen molar-refractivity contribution in [3.05, 3.63) is 70.3 Å². The first-order valence-electron chi connectivity index (χ1n) is 13.0. The molecule has 214 valence electrons. The lowest BCUT2D eigenvalue weighted by molar-refractivity contribution is -0.383. The van der Waals surface area contributed by atoms with Crippen LogP contribution < -0.4 is 19.7 Å². The van der Waals surface area contributed by atoms with E-state index in [0.717, 1.165) is 35.7 Å². The first kappa shape index (κ1) is 28.2. The molecule has 1 amide bonds. The van der Waals surface area contributed by atoms with Gasteiger partial charge in [0.05, 0.1) is 30.0 Å². The number of hydrogen-bond donors (Lipinski definition) is 1. The van der Waals surface area contributed by atoms with E-state index in [1.165, 1.54) is 17.8 Å². The van der Waals surface area contributed by atoms with Crippen molar-refractivity contribution in [3.8, 4) is 11.5 Å². The van der Waals surface area contributed by atoms with Crippen molar-refractivity contribution in [2.45, 2.75) is 16.6 Å². The van der Waals surface area contributed by atoms with E-state index in [4.69, 9.17) is 14.1 Å². The molecule has 4 aromatic rings. The van der Waals surface area contributed by atoms with E-state index in [1.807, 2.05) is 49.5 Å². The summed E-state index contributed by atoms with van der Waals surface area (Å²) in [6.45, 7) is 2.57. The Kier molecular flexibility index (Phi) is 8.55. The average molecular weight is 579 g/mol. The number of para-hydroxylation sites is 1. The van der Waals surface area contributed by atoms with E-state index < -0.39 is 10.2 Å². The van der Waals surface area contributed by atoms with Gasteiger partial charge in [0.25, 0.3) is 0 Å². The number of nitrogens with zero attached hydrogens (tertiary/aromatic N) is 5. The molecule has 0 fully saturated rings. The molecule has 0 radical (unpaired) electrons. The second-order valence-corrected chi connectivity index (χ2v) is 10.7. The van der Waals surface area contributed by atoms with Gasteiger partial charge in [0.15, 0.2) is 5.52 Å². The quantitative estimate of drug-likeness (QED) is 0.141. The number of non-ortho nitro benzene ring substituents is 1. The first-order valence-corrected chi connectivity index (χ1v) is 13.9. The van der Waals surface area contributed by atoms with Crippen LogP contribution in [0.3, 0.4) is 0 Å². The molecule has 2 heterocycles. The summed E-state index contributed by atoms with van der Waals surface area (Å²) in [5.41, 5.74) is 2.61. The van der Waals surface area contributed by atoms with E-state index >= 15 is 0 Å². The van der Waals surface area contributed by atoms with E-state index in [2.05, 4.69) is 20.5 Å². The fourth-order valence-electron chi connectivity index (χ4n) is 4.65. The van der Waals surface area contributed by atoms with Crippen molar-refractivity contribution >= 4 is 45.8 Å². The number of fused-ring (bicyclic) bond motifs is 2. The summed E-state index contributed by atoms with van der Waals surface area (Å²) < 4.78 is 16.4. The number of methoxy groups -OCH3 is 1. The van der Waals surface area contributed by atoms with Crippen LogP contribution in [-0.4, -0.2) is 73.5 Å². The van der Waals surface area contributed by atoms with E-state index in [-0.39, 0.29) is 17.1 Å². The predicted molar refractivity (Wildman–Crippen MR) is 156 cm³/mol. The van der Waals surface area contributed by atoms with Gasteiger partial charge in [0.2, 0.25) is 11.4 Å². The molecule has 41 heavy (non-hydrogen) atoms. The Morgan fingerprint density at radius 3 is 2.76 bits per heavy atom. The smallest absolute Gasteiger partial charge is 0.300 e. The zero-order valence-electron chi connectivity index (χ0n) is 22.9. The second kappa shape index (κ2) is 12.4. The van der Waals surface area contributed by atoms with Gasteiger partial charge in [-0.3, -0.25) is 14.9 Å². The summed E-state index contributed by atoms with van der Waals surface area (Å²) in [7, 11) is 5.41. The number of aromatic nitrogens is 2. The Bertz CT molecular complexity index is 1560. The molecule has 3 aromatic carbocycles. The van der Waals surface area contributed by atoms with Crippen LogP contribution in [-0.2, 0) is 4.79 Å². The SMILES string of the molecule is COc1ccc(OCCCN(C)CCNc2ccc([N+](=O)[O-])c3nonc23)c(C2Sc3ccccc3N(C)C2=O)c1. The lowest BCUT2D eigenvalue weighted by Crippen LogP contribution is -2.33. The Hall–Kier alpha value is -4.36. The van der Waals surface area contributed by atoms with Gasteiger partial charge in [0, 0.05) is 43.2 Å². The molecule has 1 aliphatic heterocycles. The molecular formula is C28H30N6O6S. The number of likely N-dealkylation sites (N-methyl/N-ethyl adjacent to an activating group) is 2. The third-order valence-electron chi connectivity index (χ3n) is 6.87. The highest BCUT2D eigenvalue weighted by molar-refractivity contribution is 8.00. The second-order valence-electron chi connectivity index (χ2n) is 9.55. The molecule has 12 nitrogen and oxygen atoms in total. The number of thioether (sulfide) groups is 1. The highest BCUT2D eigenvalue weighted by atomic mass is 32.2. The van der Waals surface area contributed by atoms with E-state index in [0.29, 0.717) is 35.9 Å². The fourth-order valence-corrected chi connectivity index (χ4v) is 5.95. The van der Waals surface area contributed by atoms with Gasteiger partial charge in [-0.1, -0.05) is 12.1 Å². The molecule has 1 unspecified atom stereocenters. The van der Waals surface area contributed by atoms with Gasteiger partial charge < -0.3 is 24.6 Å². The average Bonchev–Trinajstić information content (AvgIpc) is 3.47. The summed E-state index contributed by atoms with van der Waals surface area (Å²) in [4.78, 5) is 28.9. The lowest BCUT2D eigenvalue weighted by Gasteiger charge is -2.32. The van der Waals surface area contributed by atoms with Crippen molar-refractivity contribution in [1.29, 1.82) is 0 Å². The van der Waals surface area contributed by atoms with Crippen LogP contribution in [0, 0.1) is 10.1 Å². The van der Waals surface area contributed by atoms with Crippen LogP contribution in [0.25, 0.3) is 11.0 Å². The standard InChI is InChI=1S/C28H30N6O6S/c1-32(15-13-29-20-10-11-22(34(36)37)26-25(20)30-40-31-26)14-6-16-39-23-12-9-18(38-3)17-19(23)27-28(35)33(2)21-7-4-5-8-24(21)41-27/h4-5,7-12,17,27,29H,6,13-16H2,1-3H3. The maximum absolute atomic E-state index is 13.3. The minimum atomic E-state index is -0.510. The van der Waals surface area contributed by atoms with Crippen molar-refractivity contribution in [2.24, 2.45) is 0 Å². The van der Waals surface area contributed by atoms with Gasteiger partial charge in [-0.2, -0.15) is 0 Å². The number of nitro benzene ring substituents is 1. The molecule has 5 rings (SSSR count). The lowest BCUT2D eigenvalue weighted by atomic mass is 10.1. The van der Waals surface area contributed by atoms with Crippen LogP contribution in [0.5, 0.6) is 11.5 Å². The topological polar surface area (TPSA) is 136 Å². The number of benzene rings is 3. The number of amides is 1. The third-order valence-corrected chi connectivity index (χ3v) is 8.16. The van der Waals surface area contributed by atoms with Gasteiger partial charge in [0.1, 0.15) is 16.7 Å². The Morgan fingerprint density at radius 1 is 1.15 bits per heavy atom. The number of nitrogens with one attached hydrogen (secondary N) is 1. The molecule has 1 N–H and O–H groups in total. The molecule has 1 atom stereocenters. The van der Waals surface area contributed by atoms with Crippen LogP contribution in [0.2, 0.25) is 0 Å². The highest BCUT2D eigenvalue weighted by Crippen LogP contribution is 2.48. The number of carbonyl (C=O) groups is 1. The minimum absolute atomic E-state index is 0.00858. The number of ether oxygens (including phenoxy) is 2. The first-order chi connectivity index (χ1) is 19.9. The van der Waals surface area contributed by atoms with Crippen molar-refractivity contribution < 1.29 is 23.8 Å². The van der Waals surface area contributed by atoms with Gasteiger partial charge in [-0.15, -0.1) is 11.8 Å². The number of nitro groups is 1. The Balaban J connectivity index is 1.15. The summed E-state index contributed by atoms with van der Waals surface area (Å²) in [5, 5.41) is 21.4. The maximum Gasteiger partial charge on any atom is 0.300 e. The van der Waals surface area contributed by atoms with E-state index in [9.17, 15) is 14.9 Å². The molecule has 0 bridgehead atoms. The Labute approximate surface area is 240 Å². The molecule has 0 saturated carbocycles. The number of rotatable bonds is 12. The largest absolute Gasteiger partial charge is 0.497 e. The molecule has 1 aromatic heterocycles. The summed E-state index contributed by atoms with van der Waals surface area (Å²) in [5.74, 6) is 1.32. The predicted octanol–water partition coefficient (Wildman–Crippen LogP) is 4.76. The minimum Gasteiger partial charge on any atom is -0.497 e. The Morgan fingerprint density at radius 2 is 1.95 bits per heavy atom. The van der Waals surface area contributed by atoms with Crippen molar-refractivity contribution in [3.63, 3.8) is 0 Å². The maximum atomic E-state index is 13.3. The van der Waals surface area contributed by atoms with Crippen LogP contribution in [0.1, 0.15) is 17.2 Å². The zero-order chi connectivity index (χ0) is 28.9. The normalized spacial score (nSPS) is 14.8. The molecule has 0 aliphatic carbocycles. The number of hydrogen-bond acceptors (Lipinski definition) is 11.